The van der Waals surface area contributed by atoms with Gasteiger partial charge in [0.1, 0.15) is 0 Å². The smallest absolute Gasteiger partial charge is 0.0712 e. The minimum Gasteiger partial charge on any atom is -0.377 e. The van der Waals surface area contributed by atoms with Gasteiger partial charge >= 0.3 is 0 Å². The molecule has 1 nitrogen and oxygen atoms in total. The third-order valence-corrected chi connectivity index (χ3v) is 1.70. The van der Waals surface area contributed by atoms with Crippen LogP contribution in [0.3, 0.4) is 0 Å². The van der Waals surface area contributed by atoms with Gasteiger partial charge in [-0.15, -0.1) is 0 Å². The van der Waals surface area contributed by atoms with Crippen molar-refractivity contribution in [1.82, 2.24) is 0 Å². The van der Waals surface area contributed by atoms with E-state index in [9.17, 15) is 0 Å². The van der Waals surface area contributed by atoms with Crippen LogP contribution in [0.25, 0.3) is 0 Å². The molecule has 0 spiro atoms. The zero-order chi connectivity index (χ0) is 5.11. The van der Waals surface area contributed by atoms with Crippen molar-refractivity contribution in [2.75, 3.05) is 6.61 Å². The zero-order valence-electron chi connectivity index (χ0n) is 4.06. The number of ether oxygens (including phenoxy) is 1. The highest BCUT2D eigenvalue weighted by Crippen LogP contribution is 2.16. The zero-order valence-corrected chi connectivity index (χ0v) is 5.65. The molecule has 0 bridgehead atoms. The van der Waals surface area contributed by atoms with Gasteiger partial charge in [0.25, 0.3) is 0 Å². The Bertz CT molecular complexity index is 50.0. The largest absolute Gasteiger partial charge is 0.377 e. The molecule has 41 valence electrons. The highest BCUT2D eigenvalue weighted by Gasteiger charge is 2.12. The molecule has 0 aromatic rings. The second-order valence-corrected chi connectivity index (χ2v) is 2.21. The predicted molar refractivity (Wildman–Crippen MR) is 32.2 cm³/mol. The molecule has 2 heteroatoms. The molecule has 0 amide bonds. The summed E-state index contributed by atoms with van der Waals surface area (Å²) in [5, 5.41) is 1.93. The van der Waals surface area contributed by atoms with E-state index in [1.54, 1.807) is 0 Å². The van der Waals surface area contributed by atoms with Gasteiger partial charge in [0, 0.05) is 6.61 Å². The molecule has 1 aliphatic rings. The summed E-state index contributed by atoms with van der Waals surface area (Å²) in [5.41, 5.74) is 0. The summed E-state index contributed by atoms with van der Waals surface area (Å²) >= 11 is 3.23. The van der Waals surface area contributed by atoms with Gasteiger partial charge in [0.2, 0.25) is 0 Å². The van der Waals surface area contributed by atoms with Crippen molar-refractivity contribution in [3.05, 3.63) is 5.33 Å². The molecule has 0 aromatic heterocycles. The standard InChI is InChI=1S/C5H8BrO/c6-4-5-2-1-3-7-5/h4-5H,1-3H2. The van der Waals surface area contributed by atoms with E-state index in [-0.39, 0.29) is 0 Å². The Morgan fingerprint density at radius 1 is 1.71 bits per heavy atom. The van der Waals surface area contributed by atoms with Gasteiger partial charge in [-0.1, -0.05) is 15.9 Å². The van der Waals surface area contributed by atoms with Crippen molar-refractivity contribution in [1.29, 1.82) is 0 Å². The van der Waals surface area contributed by atoms with Gasteiger partial charge in [-0.05, 0) is 12.8 Å². The second-order valence-electron chi connectivity index (χ2n) is 1.68. The molecular formula is C5H8BrO. The van der Waals surface area contributed by atoms with Crippen LogP contribution in [0.2, 0.25) is 0 Å². The van der Waals surface area contributed by atoms with E-state index in [1.807, 2.05) is 5.33 Å². The summed E-state index contributed by atoms with van der Waals surface area (Å²) in [4.78, 5) is 0. The molecule has 1 unspecified atom stereocenters. The van der Waals surface area contributed by atoms with Gasteiger partial charge in [0.05, 0.1) is 11.4 Å². The first-order valence-corrected chi connectivity index (χ1v) is 3.40. The fourth-order valence-corrected chi connectivity index (χ4v) is 1.12. The van der Waals surface area contributed by atoms with Crippen molar-refractivity contribution in [3.8, 4) is 0 Å². The van der Waals surface area contributed by atoms with Gasteiger partial charge in [-0.2, -0.15) is 0 Å². The quantitative estimate of drug-likeness (QED) is 0.573. The molecule has 0 N–H and O–H groups in total. The van der Waals surface area contributed by atoms with Crippen molar-refractivity contribution >= 4 is 15.9 Å². The van der Waals surface area contributed by atoms with E-state index in [0.717, 1.165) is 6.61 Å². The van der Waals surface area contributed by atoms with Gasteiger partial charge < -0.3 is 4.74 Å². The number of rotatable bonds is 1. The summed E-state index contributed by atoms with van der Waals surface area (Å²) in [6.45, 7) is 0.937. The van der Waals surface area contributed by atoms with Crippen LogP contribution in [0.5, 0.6) is 0 Å². The average molecular weight is 164 g/mol. The lowest BCUT2D eigenvalue weighted by Crippen LogP contribution is -1.99. The van der Waals surface area contributed by atoms with E-state index < -0.39 is 0 Å². The molecule has 0 aromatic carbocycles. The van der Waals surface area contributed by atoms with Crippen LogP contribution in [0.1, 0.15) is 12.8 Å². The Balaban J connectivity index is 2.14. The molecule has 0 aliphatic carbocycles. The molecule has 1 heterocycles. The van der Waals surface area contributed by atoms with Gasteiger partial charge in [-0.25, -0.2) is 0 Å². The molecule has 7 heavy (non-hydrogen) atoms. The monoisotopic (exact) mass is 163 g/mol. The highest BCUT2D eigenvalue weighted by atomic mass is 79.9. The predicted octanol–water partition coefficient (Wildman–Crippen LogP) is 1.72. The first-order valence-electron chi connectivity index (χ1n) is 2.48. The number of halogens is 1. The summed E-state index contributed by atoms with van der Waals surface area (Å²) in [5.74, 6) is 0. The maximum atomic E-state index is 5.20. The Hall–Kier alpha value is 0.440. The van der Waals surface area contributed by atoms with E-state index in [1.165, 1.54) is 12.8 Å². The van der Waals surface area contributed by atoms with E-state index in [4.69, 9.17) is 4.74 Å². The van der Waals surface area contributed by atoms with Gasteiger partial charge in [-0.3, -0.25) is 0 Å². The van der Waals surface area contributed by atoms with E-state index in [0.29, 0.717) is 6.10 Å². The number of hydrogen-bond donors (Lipinski definition) is 0. The molecule has 1 radical (unpaired) electrons. The van der Waals surface area contributed by atoms with Crippen LogP contribution in [-0.4, -0.2) is 12.7 Å². The first kappa shape index (κ1) is 5.57. The lowest BCUT2D eigenvalue weighted by Gasteiger charge is -1.99. The van der Waals surface area contributed by atoms with Crippen LogP contribution in [-0.2, 0) is 4.74 Å². The molecular weight excluding hydrogens is 156 g/mol. The Kier molecular flexibility index (Phi) is 2.13. The highest BCUT2D eigenvalue weighted by molar-refractivity contribution is 9.10. The fourth-order valence-electron chi connectivity index (χ4n) is 0.702. The summed E-state index contributed by atoms with van der Waals surface area (Å²) < 4.78 is 5.20. The molecule has 1 aliphatic heterocycles. The van der Waals surface area contributed by atoms with E-state index in [2.05, 4.69) is 15.9 Å². The minimum absolute atomic E-state index is 0.389. The summed E-state index contributed by atoms with van der Waals surface area (Å²) in [7, 11) is 0. The summed E-state index contributed by atoms with van der Waals surface area (Å²) in [6.07, 6.45) is 2.79. The van der Waals surface area contributed by atoms with Crippen LogP contribution in [0.4, 0.5) is 0 Å². The lowest BCUT2D eigenvalue weighted by atomic mass is 10.3. The Labute approximate surface area is 52.2 Å². The Morgan fingerprint density at radius 2 is 2.57 bits per heavy atom. The van der Waals surface area contributed by atoms with Crippen molar-refractivity contribution in [2.24, 2.45) is 0 Å². The van der Waals surface area contributed by atoms with Gasteiger partial charge in [0.15, 0.2) is 0 Å². The fraction of sp³-hybridized carbons (Fsp3) is 0.800. The molecule has 0 saturated carbocycles. The molecule has 1 atom stereocenters. The maximum Gasteiger partial charge on any atom is 0.0712 e. The van der Waals surface area contributed by atoms with E-state index >= 15 is 0 Å². The average Bonchev–Trinajstić information content (AvgIpc) is 2.14. The summed E-state index contributed by atoms with van der Waals surface area (Å²) in [6, 6.07) is 0. The second kappa shape index (κ2) is 2.68. The van der Waals surface area contributed by atoms with Crippen LogP contribution >= 0.6 is 15.9 Å². The van der Waals surface area contributed by atoms with Crippen LogP contribution in [0.15, 0.2) is 0 Å². The minimum atomic E-state index is 0.389. The first-order chi connectivity index (χ1) is 3.43. The van der Waals surface area contributed by atoms with Crippen LogP contribution < -0.4 is 0 Å². The molecule has 1 rings (SSSR count). The number of hydrogen-bond acceptors (Lipinski definition) is 1. The lowest BCUT2D eigenvalue weighted by molar-refractivity contribution is 0.141. The third-order valence-electron chi connectivity index (χ3n) is 1.11. The van der Waals surface area contributed by atoms with Crippen molar-refractivity contribution < 1.29 is 4.74 Å². The van der Waals surface area contributed by atoms with Crippen LogP contribution in [0, 0.1) is 5.33 Å². The normalized spacial score (nSPS) is 31.3. The molecule has 1 fully saturated rings. The third kappa shape index (κ3) is 1.42. The molecule has 1 saturated heterocycles. The van der Waals surface area contributed by atoms with Crippen molar-refractivity contribution in [3.63, 3.8) is 0 Å². The maximum absolute atomic E-state index is 5.20. The SMILES string of the molecule is Br[CH]C1CCCO1. The topological polar surface area (TPSA) is 9.23 Å². The van der Waals surface area contributed by atoms with Crippen molar-refractivity contribution in [2.45, 2.75) is 18.9 Å². The Morgan fingerprint density at radius 3 is 2.86 bits per heavy atom.